The highest BCUT2D eigenvalue weighted by molar-refractivity contribution is 7.09. The van der Waals surface area contributed by atoms with E-state index in [-0.39, 0.29) is 5.91 Å². The molecule has 1 fully saturated rings. The fourth-order valence-electron chi connectivity index (χ4n) is 2.55. The maximum absolute atomic E-state index is 12.5. The smallest absolute Gasteiger partial charge is 0.223 e. The highest BCUT2D eigenvalue weighted by atomic mass is 32.1. The first kappa shape index (κ1) is 14.3. The van der Waals surface area contributed by atoms with Gasteiger partial charge in [-0.25, -0.2) is 4.98 Å². The molecule has 0 bridgehead atoms. The van der Waals surface area contributed by atoms with Gasteiger partial charge in [0.25, 0.3) is 0 Å². The van der Waals surface area contributed by atoms with Gasteiger partial charge in [-0.2, -0.15) is 0 Å². The second-order valence-electron chi connectivity index (χ2n) is 5.67. The number of rotatable bonds is 6. The van der Waals surface area contributed by atoms with Gasteiger partial charge >= 0.3 is 0 Å². The number of aryl methyl sites for hydroxylation is 2. The van der Waals surface area contributed by atoms with Gasteiger partial charge in [0.15, 0.2) is 0 Å². The third-order valence-corrected chi connectivity index (χ3v) is 4.57. The molecule has 0 N–H and O–H groups in total. The lowest BCUT2D eigenvalue weighted by Crippen LogP contribution is -2.32. The second-order valence-corrected chi connectivity index (χ2v) is 6.65. The average Bonchev–Trinajstić information content (AvgIpc) is 3.19. The molecule has 3 rings (SSSR count). The van der Waals surface area contributed by atoms with Crippen LogP contribution in [0.5, 0.6) is 0 Å². The van der Waals surface area contributed by atoms with Crippen LogP contribution in [0, 0.1) is 6.92 Å². The Morgan fingerprint density at radius 1 is 1.43 bits per heavy atom. The summed E-state index contributed by atoms with van der Waals surface area (Å²) in [5, 5.41) is 3.00. The van der Waals surface area contributed by atoms with Crippen LogP contribution in [0.3, 0.4) is 0 Å². The standard InChI is InChI=1S/C17H20N2OS/c1-13-3-2-4-14(11-13)5-8-17(20)19(15-6-7-15)12-16-18-9-10-21-16/h2-4,9-11,15H,5-8,12H2,1H3. The maximum Gasteiger partial charge on any atom is 0.223 e. The van der Waals surface area contributed by atoms with Crippen molar-refractivity contribution in [1.82, 2.24) is 9.88 Å². The Morgan fingerprint density at radius 3 is 2.95 bits per heavy atom. The first-order valence-corrected chi connectivity index (χ1v) is 8.34. The molecule has 1 heterocycles. The second kappa shape index (κ2) is 6.39. The molecule has 110 valence electrons. The molecule has 1 aromatic carbocycles. The van der Waals surface area contributed by atoms with Crippen molar-refractivity contribution in [1.29, 1.82) is 0 Å². The van der Waals surface area contributed by atoms with E-state index in [0.717, 1.165) is 24.3 Å². The molecule has 3 nitrogen and oxygen atoms in total. The Bertz CT molecular complexity index is 605. The van der Waals surface area contributed by atoms with Gasteiger partial charge in [-0.05, 0) is 31.7 Å². The number of hydrogen-bond donors (Lipinski definition) is 0. The van der Waals surface area contributed by atoms with Crippen molar-refractivity contribution in [3.63, 3.8) is 0 Å². The molecule has 1 amide bonds. The van der Waals surface area contributed by atoms with E-state index in [1.165, 1.54) is 11.1 Å². The summed E-state index contributed by atoms with van der Waals surface area (Å²) < 4.78 is 0. The van der Waals surface area contributed by atoms with Crippen molar-refractivity contribution in [2.24, 2.45) is 0 Å². The van der Waals surface area contributed by atoms with E-state index in [1.807, 2.05) is 16.5 Å². The molecule has 0 saturated heterocycles. The molecular formula is C17H20N2OS. The van der Waals surface area contributed by atoms with E-state index in [0.29, 0.717) is 19.0 Å². The summed E-state index contributed by atoms with van der Waals surface area (Å²) >= 11 is 1.63. The summed E-state index contributed by atoms with van der Waals surface area (Å²) in [6.07, 6.45) is 5.50. The lowest BCUT2D eigenvalue weighted by Gasteiger charge is -2.21. The van der Waals surface area contributed by atoms with E-state index < -0.39 is 0 Å². The summed E-state index contributed by atoms with van der Waals surface area (Å²) in [4.78, 5) is 18.8. The molecule has 21 heavy (non-hydrogen) atoms. The van der Waals surface area contributed by atoms with Crippen LogP contribution in [0.25, 0.3) is 0 Å². The summed E-state index contributed by atoms with van der Waals surface area (Å²) in [5.41, 5.74) is 2.50. The SMILES string of the molecule is Cc1cccc(CCC(=O)N(Cc2nccs2)C2CC2)c1. The molecule has 2 aromatic rings. The number of carbonyl (C=O) groups is 1. The van der Waals surface area contributed by atoms with Crippen molar-refractivity contribution in [3.8, 4) is 0 Å². The average molecular weight is 300 g/mol. The van der Waals surface area contributed by atoms with Gasteiger partial charge in [0.1, 0.15) is 5.01 Å². The predicted octanol–water partition coefficient (Wildman–Crippen LogP) is 3.58. The van der Waals surface area contributed by atoms with Gasteiger partial charge in [0.05, 0.1) is 6.54 Å². The Morgan fingerprint density at radius 2 is 2.29 bits per heavy atom. The van der Waals surface area contributed by atoms with Crippen LogP contribution < -0.4 is 0 Å². The number of carbonyl (C=O) groups excluding carboxylic acids is 1. The number of aromatic nitrogens is 1. The first-order chi connectivity index (χ1) is 10.2. The minimum absolute atomic E-state index is 0.259. The molecule has 1 aromatic heterocycles. The molecule has 1 saturated carbocycles. The van der Waals surface area contributed by atoms with Crippen LogP contribution in [0.2, 0.25) is 0 Å². The van der Waals surface area contributed by atoms with E-state index in [9.17, 15) is 4.79 Å². The number of nitrogens with zero attached hydrogens (tertiary/aromatic N) is 2. The van der Waals surface area contributed by atoms with Crippen molar-refractivity contribution >= 4 is 17.2 Å². The van der Waals surface area contributed by atoms with Crippen LogP contribution in [0.15, 0.2) is 35.8 Å². The molecule has 0 spiro atoms. The largest absolute Gasteiger partial charge is 0.333 e. The number of amides is 1. The fraction of sp³-hybridized carbons (Fsp3) is 0.412. The molecular weight excluding hydrogens is 280 g/mol. The van der Waals surface area contributed by atoms with Crippen molar-refractivity contribution in [2.75, 3.05) is 0 Å². The zero-order valence-electron chi connectivity index (χ0n) is 12.3. The van der Waals surface area contributed by atoms with Crippen LogP contribution in [0.4, 0.5) is 0 Å². The van der Waals surface area contributed by atoms with Gasteiger partial charge in [0, 0.05) is 24.0 Å². The Balaban J connectivity index is 1.59. The van der Waals surface area contributed by atoms with E-state index in [2.05, 4.69) is 36.2 Å². The van der Waals surface area contributed by atoms with Crippen LogP contribution in [-0.2, 0) is 17.8 Å². The lowest BCUT2D eigenvalue weighted by atomic mass is 10.1. The minimum Gasteiger partial charge on any atom is -0.333 e. The summed E-state index contributed by atoms with van der Waals surface area (Å²) in [7, 11) is 0. The van der Waals surface area contributed by atoms with Crippen LogP contribution in [0.1, 0.15) is 35.4 Å². The van der Waals surface area contributed by atoms with Crippen LogP contribution in [-0.4, -0.2) is 21.8 Å². The minimum atomic E-state index is 0.259. The normalized spacial score (nSPS) is 14.1. The maximum atomic E-state index is 12.5. The number of hydrogen-bond acceptors (Lipinski definition) is 3. The highest BCUT2D eigenvalue weighted by Crippen LogP contribution is 2.29. The Kier molecular flexibility index (Phi) is 4.34. The van der Waals surface area contributed by atoms with Crippen molar-refractivity contribution < 1.29 is 4.79 Å². The monoisotopic (exact) mass is 300 g/mol. The van der Waals surface area contributed by atoms with Crippen LogP contribution >= 0.6 is 11.3 Å². The quantitative estimate of drug-likeness (QED) is 0.817. The van der Waals surface area contributed by atoms with Crippen molar-refractivity contribution in [3.05, 3.63) is 52.0 Å². The zero-order chi connectivity index (χ0) is 14.7. The molecule has 4 heteroatoms. The lowest BCUT2D eigenvalue weighted by molar-refractivity contribution is -0.132. The van der Waals surface area contributed by atoms with E-state index in [1.54, 1.807) is 11.3 Å². The molecule has 0 atom stereocenters. The molecule has 0 aliphatic heterocycles. The van der Waals surface area contributed by atoms with Crippen molar-refractivity contribution in [2.45, 2.75) is 45.2 Å². The van der Waals surface area contributed by atoms with Gasteiger partial charge in [-0.3, -0.25) is 4.79 Å². The first-order valence-electron chi connectivity index (χ1n) is 7.46. The predicted molar refractivity (Wildman–Crippen MR) is 85.2 cm³/mol. The van der Waals surface area contributed by atoms with Gasteiger partial charge < -0.3 is 4.90 Å². The van der Waals surface area contributed by atoms with Gasteiger partial charge in [-0.1, -0.05) is 29.8 Å². The van der Waals surface area contributed by atoms with Gasteiger partial charge in [-0.15, -0.1) is 11.3 Å². The van der Waals surface area contributed by atoms with E-state index in [4.69, 9.17) is 0 Å². The molecule has 1 aliphatic rings. The highest BCUT2D eigenvalue weighted by Gasteiger charge is 2.32. The Labute approximate surface area is 129 Å². The molecule has 1 aliphatic carbocycles. The molecule has 0 radical (unpaired) electrons. The summed E-state index contributed by atoms with van der Waals surface area (Å²) in [6, 6.07) is 8.85. The third kappa shape index (κ3) is 3.91. The number of benzene rings is 1. The number of thiazole rings is 1. The third-order valence-electron chi connectivity index (χ3n) is 3.81. The molecule has 0 unspecified atom stereocenters. The topological polar surface area (TPSA) is 33.2 Å². The van der Waals surface area contributed by atoms with E-state index >= 15 is 0 Å². The van der Waals surface area contributed by atoms with Gasteiger partial charge in [0.2, 0.25) is 5.91 Å². The summed E-state index contributed by atoms with van der Waals surface area (Å²) in [5.74, 6) is 0.259. The Hall–Kier alpha value is -1.68. The summed E-state index contributed by atoms with van der Waals surface area (Å²) in [6.45, 7) is 2.76. The fourth-order valence-corrected chi connectivity index (χ4v) is 3.16. The zero-order valence-corrected chi connectivity index (χ0v) is 13.1.